The highest BCUT2D eigenvalue weighted by molar-refractivity contribution is 5.91. The maximum absolute atomic E-state index is 13.5. The van der Waals surface area contributed by atoms with Crippen LogP contribution in [0.25, 0.3) is 32.6 Å². The summed E-state index contributed by atoms with van der Waals surface area (Å²) < 4.78 is 0. The van der Waals surface area contributed by atoms with Crippen molar-refractivity contribution in [3.8, 4) is 11.5 Å². The Labute approximate surface area is 198 Å². The van der Waals surface area contributed by atoms with Crippen molar-refractivity contribution in [2.75, 3.05) is 0 Å². The summed E-state index contributed by atoms with van der Waals surface area (Å²) in [4.78, 5) is 32.6. The van der Waals surface area contributed by atoms with Crippen molar-refractivity contribution < 1.29 is 10.2 Å². The average molecular weight is 460 g/mol. The van der Waals surface area contributed by atoms with Crippen molar-refractivity contribution in [1.29, 1.82) is 0 Å². The molecule has 0 bridgehead atoms. The quantitative estimate of drug-likeness (QED) is 0.294. The van der Waals surface area contributed by atoms with Gasteiger partial charge in [-0.15, -0.1) is 0 Å². The third-order valence-electron chi connectivity index (χ3n) is 6.57. The Hall–Kier alpha value is -4.84. The van der Waals surface area contributed by atoms with E-state index in [9.17, 15) is 19.8 Å². The van der Waals surface area contributed by atoms with Crippen LogP contribution in [0.2, 0.25) is 0 Å². The highest BCUT2D eigenvalue weighted by Crippen LogP contribution is 2.42. The maximum Gasteiger partial charge on any atom is 0.256 e. The highest BCUT2D eigenvalue weighted by atomic mass is 16.3. The monoisotopic (exact) mass is 460 g/mol. The number of para-hydroxylation sites is 2. The molecule has 4 aromatic carbocycles. The van der Waals surface area contributed by atoms with Gasteiger partial charge in [0.2, 0.25) is 0 Å². The van der Waals surface area contributed by atoms with Gasteiger partial charge in [0.25, 0.3) is 11.1 Å². The molecule has 6 aromatic rings. The molecule has 35 heavy (non-hydrogen) atoms. The zero-order valence-electron chi connectivity index (χ0n) is 18.4. The van der Waals surface area contributed by atoms with Crippen LogP contribution in [0.3, 0.4) is 0 Å². The minimum absolute atomic E-state index is 0.00358. The topological polar surface area (TPSA) is 106 Å². The summed E-state index contributed by atoms with van der Waals surface area (Å²) in [5, 5.41) is 25.4. The fraction of sp³-hybridized carbons (Fsp3) is 0.0345. The van der Waals surface area contributed by atoms with Gasteiger partial charge in [-0.3, -0.25) is 9.59 Å². The first kappa shape index (κ1) is 20.7. The number of nitrogens with one attached hydrogen (secondary N) is 2. The van der Waals surface area contributed by atoms with E-state index in [0.717, 1.165) is 10.8 Å². The molecule has 6 rings (SSSR count). The highest BCUT2D eigenvalue weighted by Gasteiger charge is 2.31. The molecule has 2 heterocycles. The Bertz CT molecular complexity index is 1780. The molecule has 2 aromatic heterocycles. The van der Waals surface area contributed by atoms with E-state index in [1.165, 1.54) is 0 Å². The second kappa shape index (κ2) is 7.88. The van der Waals surface area contributed by atoms with Crippen LogP contribution in [0.1, 0.15) is 22.6 Å². The lowest BCUT2D eigenvalue weighted by atomic mass is 9.82. The number of pyridine rings is 2. The number of aromatic nitrogens is 2. The SMILES string of the molecule is O=c1[nH]c2ccccc2c(O)c1C(c1c(O)c2ccccc2[nH]c1=O)c1cccc2ccccc12. The molecule has 0 aliphatic heterocycles. The van der Waals surface area contributed by atoms with Gasteiger partial charge in [0, 0.05) is 10.8 Å². The molecular weight excluding hydrogens is 440 g/mol. The third-order valence-corrected chi connectivity index (χ3v) is 6.57. The van der Waals surface area contributed by atoms with Gasteiger partial charge in [0.15, 0.2) is 0 Å². The fourth-order valence-corrected chi connectivity index (χ4v) is 4.97. The summed E-state index contributed by atoms with van der Waals surface area (Å²) >= 11 is 0. The van der Waals surface area contributed by atoms with Gasteiger partial charge < -0.3 is 20.2 Å². The van der Waals surface area contributed by atoms with Crippen LogP contribution >= 0.6 is 0 Å². The first-order valence-electron chi connectivity index (χ1n) is 11.2. The number of hydrogen-bond donors (Lipinski definition) is 4. The Morgan fingerprint density at radius 1 is 0.543 bits per heavy atom. The molecule has 0 saturated heterocycles. The zero-order valence-corrected chi connectivity index (χ0v) is 18.4. The Morgan fingerprint density at radius 3 is 1.57 bits per heavy atom. The van der Waals surface area contributed by atoms with E-state index in [-0.39, 0.29) is 22.6 Å². The summed E-state index contributed by atoms with van der Waals surface area (Å²) in [5.74, 6) is -1.49. The van der Waals surface area contributed by atoms with Crippen LogP contribution in [-0.2, 0) is 0 Å². The molecule has 6 nitrogen and oxygen atoms in total. The van der Waals surface area contributed by atoms with E-state index >= 15 is 0 Å². The predicted octanol–water partition coefficient (Wildman–Crippen LogP) is 5.11. The van der Waals surface area contributed by atoms with E-state index in [0.29, 0.717) is 27.4 Å². The smallest absolute Gasteiger partial charge is 0.256 e. The molecule has 0 atom stereocenters. The first-order valence-corrected chi connectivity index (χ1v) is 11.2. The summed E-state index contributed by atoms with van der Waals surface area (Å²) in [6.07, 6.45) is 0. The van der Waals surface area contributed by atoms with Crippen LogP contribution in [0.5, 0.6) is 11.5 Å². The number of fused-ring (bicyclic) bond motifs is 3. The number of aromatic amines is 2. The average Bonchev–Trinajstić information content (AvgIpc) is 2.87. The first-order chi connectivity index (χ1) is 17.0. The lowest BCUT2D eigenvalue weighted by Gasteiger charge is -2.22. The zero-order chi connectivity index (χ0) is 24.1. The van der Waals surface area contributed by atoms with Crippen molar-refractivity contribution in [2.45, 2.75) is 5.92 Å². The molecule has 0 fully saturated rings. The molecule has 0 radical (unpaired) electrons. The van der Waals surface area contributed by atoms with E-state index in [1.54, 1.807) is 48.5 Å². The number of H-pyrrole nitrogens is 2. The summed E-state index contributed by atoms with van der Waals surface area (Å²) in [6, 6.07) is 27.1. The van der Waals surface area contributed by atoms with E-state index < -0.39 is 17.0 Å². The summed E-state index contributed by atoms with van der Waals surface area (Å²) in [6.45, 7) is 0. The van der Waals surface area contributed by atoms with Crippen LogP contribution < -0.4 is 11.1 Å². The minimum Gasteiger partial charge on any atom is -0.507 e. The van der Waals surface area contributed by atoms with Gasteiger partial charge in [-0.05, 0) is 40.6 Å². The number of hydrogen-bond acceptors (Lipinski definition) is 4. The standard InChI is InChI=1S/C29H20N2O4/c32-26-19-11-3-5-14-21(19)30-28(34)24(26)23(18-13-7-9-16-8-1-2-10-17(16)18)25-27(33)20-12-4-6-15-22(20)31-29(25)35/h1-15,23H,(H2,30,32,34)(H2,31,33,35). The van der Waals surface area contributed by atoms with Gasteiger partial charge in [0.1, 0.15) is 11.5 Å². The second-order valence-electron chi connectivity index (χ2n) is 8.53. The van der Waals surface area contributed by atoms with E-state index in [4.69, 9.17) is 0 Å². The van der Waals surface area contributed by atoms with Crippen LogP contribution in [-0.4, -0.2) is 20.2 Å². The fourth-order valence-electron chi connectivity index (χ4n) is 4.97. The van der Waals surface area contributed by atoms with Crippen molar-refractivity contribution in [3.05, 3.63) is 128 Å². The van der Waals surface area contributed by atoms with Crippen molar-refractivity contribution >= 4 is 32.6 Å². The molecule has 0 amide bonds. The largest absolute Gasteiger partial charge is 0.507 e. The molecule has 0 unspecified atom stereocenters. The molecule has 0 aliphatic carbocycles. The van der Waals surface area contributed by atoms with Gasteiger partial charge >= 0.3 is 0 Å². The predicted molar refractivity (Wildman–Crippen MR) is 137 cm³/mol. The van der Waals surface area contributed by atoms with Gasteiger partial charge in [0.05, 0.1) is 28.1 Å². The molecule has 0 saturated carbocycles. The normalized spacial score (nSPS) is 11.6. The molecular formula is C29H20N2O4. The van der Waals surface area contributed by atoms with Gasteiger partial charge in [-0.1, -0.05) is 66.7 Å². The minimum atomic E-state index is -1.04. The molecule has 4 N–H and O–H groups in total. The third kappa shape index (κ3) is 3.19. The molecule has 170 valence electrons. The molecule has 6 heteroatoms. The van der Waals surface area contributed by atoms with Gasteiger partial charge in [-0.25, -0.2) is 0 Å². The number of aromatic hydroxyl groups is 2. The van der Waals surface area contributed by atoms with E-state index in [2.05, 4.69) is 9.97 Å². The van der Waals surface area contributed by atoms with Crippen LogP contribution in [0, 0.1) is 0 Å². The number of rotatable bonds is 3. The Kier molecular flexibility index (Phi) is 4.67. The van der Waals surface area contributed by atoms with Crippen molar-refractivity contribution in [1.82, 2.24) is 9.97 Å². The Morgan fingerprint density at radius 2 is 1.00 bits per heavy atom. The van der Waals surface area contributed by atoms with Crippen molar-refractivity contribution in [3.63, 3.8) is 0 Å². The van der Waals surface area contributed by atoms with Crippen LogP contribution in [0.4, 0.5) is 0 Å². The van der Waals surface area contributed by atoms with Gasteiger partial charge in [-0.2, -0.15) is 0 Å². The molecule has 0 spiro atoms. The van der Waals surface area contributed by atoms with Crippen LogP contribution in [0.15, 0.2) is 101 Å². The van der Waals surface area contributed by atoms with E-state index in [1.807, 2.05) is 42.5 Å². The lowest BCUT2D eigenvalue weighted by Crippen LogP contribution is -2.24. The summed E-state index contributed by atoms with van der Waals surface area (Å²) in [7, 11) is 0. The van der Waals surface area contributed by atoms with Crippen molar-refractivity contribution in [2.24, 2.45) is 0 Å². The second-order valence-corrected chi connectivity index (χ2v) is 8.53. The molecule has 0 aliphatic rings. The lowest BCUT2D eigenvalue weighted by molar-refractivity contribution is 0.463. The number of benzene rings is 4. The Balaban J connectivity index is 1.79. The maximum atomic E-state index is 13.5. The summed E-state index contributed by atoms with van der Waals surface area (Å²) in [5.41, 5.74) is 0.499.